The molecule has 0 fully saturated rings. The van der Waals surface area contributed by atoms with Crippen molar-refractivity contribution in [3.8, 4) is 0 Å². The Labute approximate surface area is 63.4 Å². The molecule has 60 valence electrons. The molecule has 5 heteroatoms. The normalized spacial score (nSPS) is 12.8. The number of nitrogens with two attached hydrogens (primary N) is 1. The van der Waals surface area contributed by atoms with Crippen molar-refractivity contribution in [3.05, 3.63) is 18.5 Å². The van der Waals surface area contributed by atoms with Crippen LogP contribution in [0.4, 0.5) is 0 Å². The molecule has 1 aromatic heterocycles. The monoisotopic (exact) mass is 155 g/mol. The predicted molar refractivity (Wildman–Crippen MR) is 37.7 cm³/mol. The summed E-state index contributed by atoms with van der Waals surface area (Å²) in [6, 6.07) is 1.70. The number of carboxylic acids is 1. The molecule has 0 bridgehead atoms. The lowest BCUT2D eigenvalue weighted by Crippen LogP contribution is -2.22. The zero-order valence-electron chi connectivity index (χ0n) is 5.84. The van der Waals surface area contributed by atoms with Gasteiger partial charge >= 0.3 is 5.97 Å². The highest BCUT2D eigenvalue weighted by atomic mass is 16.4. The molecule has 1 atom stereocenters. The Morgan fingerprint density at radius 2 is 2.55 bits per heavy atom. The first kappa shape index (κ1) is 7.74. The maximum Gasteiger partial charge on any atom is 0.306 e. The number of nitrogens with zero attached hydrogens (tertiary/aromatic N) is 2. The minimum absolute atomic E-state index is 0.109. The fourth-order valence-electron chi connectivity index (χ4n) is 0.749. The molecular formula is C6H9N3O2. The number of rotatable bonds is 3. The van der Waals surface area contributed by atoms with Crippen LogP contribution >= 0.6 is 0 Å². The Morgan fingerprint density at radius 1 is 1.82 bits per heavy atom. The number of aliphatic carboxylic acids is 1. The Kier molecular flexibility index (Phi) is 2.22. The summed E-state index contributed by atoms with van der Waals surface area (Å²) in [7, 11) is 0. The first-order valence-electron chi connectivity index (χ1n) is 3.16. The maximum absolute atomic E-state index is 10.2. The van der Waals surface area contributed by atoms with Gasteiger partial charge in [-0.15, -0.1) is 0 Å². The van der Waals surface area contributed by atoms with Gasteiger partial charge in [-0.25, -0.2) is 0 Å². The van der Waals surface area contributed by atoms with E-state index in [-0.39, 0.29) is 6.42 Å². The summed E-state index contributed by atoms with van der Waals surface area (Å²) in [5.74, 6) is -0.923. The third-order valence-electron chi connectivity index (χ3n) is 1.25. The Hall–Kier alpha value is -1.36. The summed E-state index contributed by atoms with van der Waals surface area (Å²) in [5, 5.41) is 12.2. The topological polar surface area (TPSA) is 81.1 Å². The zero-order chi connectivity index (χ0) is 8.27. The Morgan fingerprint density at radius 3 is 3.00 bits per heavy atom. The Balaban J connectivity index is 2.56. The van der Waals surface area contributed by atoms with Gasteiger partial charge in [0.05, 0.1) is 6.42 Å². The smallest absolute Gasteiger partial charge is 0.306 e. The van der Waals surface area contributed by atoms with Gasteiger partial charge in [0.1, 0.15) is 6.17 Å². The second kappa shape index (κ2) is 3.16. The fraction of sp³-hybridized carbons (Fsp3) is 0.333. The molecule has 0 aliphatic carbocycles. The number of hydrogen-bond acceptors (Lipinski definition) is 3. The summed E-state index contributed by atoms with van der Waals surface area (Å²) >= 11 is 0. The molecule has 3 N–H and O–H groups in total. The summed E-state index contributed by atoms with van der Waals surface area (Å²) in [5.41, 5.74) is 5.46. The van der Waals surface area contributed by atoms with Crippen molar-refractivity contribution in [1.29, 1.82) is 0 Å². The lowest BCUT2D eigenvalue weighted by Gasteiger charge is -2.07. The van der Waals surface area contributed by atoms with Crippen LogP contribution in [0.25, 0.3) is 0 Å². The van der Waals surface area contributed by atoms with Crippen LogP contribution in [-0.4, -0.2) is 20.9 Å². The second-order valence-corrected chi connectivity index (χ2v) is 2.15. The molecule has 1 unspecified atom stereocenters. The van der Waals surface area contributed by atoms with Crippen LogP contribution in [0.2, 0.25) is 0 Å². The lowest BCUT2D eigenvalue weighted by atomic mass is 10.3. The average molecular weight is 155 g/mol. The molecule has 0 aromatic carbocycles. The molecule has 0 saturated heterocycles. The zero-order valence-corrected chi connectivity index (χ0v) is 5.84. The summed E-state index contributed by atoms with van der Waals surface area (Å²) < 4.78 is 1.41. The van der Waals surface area contributed by atoms with Crippen molar-refractivity contribution in [2.24, 2.45) is 5.73 Å². The van der Waals surface area contributed by atoms with Gasteiger partial charge in [-0.2, -0.15) is 5.10 Å². The van der Waals surface area contributed by atoms with Crippen LogP contribution < -0.4 is 5.73 Å². The SMILES string of the molecule is NC(CC(=O)O)n1cccn1. The molecule has 0 amide bonds. The number of carboxylic acid groups (broad SMARTS) is 1. The van der Waals surface area contributed by atoms with Gasteiger partial charge in [0.25, 0.3) is 0 Å². The van der Waals surface area contributed by atoms with Crippen molar-refractivity contribution < 1.29 is 9.90 Å². The number of aromatic nitrogens is 2. The van der Waals surface area contributed by atoms with Gasteiger partial charge < -0.3 is 10.8 Å². The first-order chi connectivity index (χ1) is 5.20. The van der Waals surface area contributed by atoms with E-state index in [0.717, 1.165) is 0 Å². The van der Waals surface area contributed by atoms with E-state index in [4.69, 9.17) is 10.8 Å². The van der Waals surface area contributed by atoms with E-state index in [9.17, 15) is 4.79 Å². The average Bonchev–Trinajstić information content (AvgIpc) is 2.35. The molecule has 5 nitrogen and oxygen atoms in total. The van der Waals surface area contributed by atoms with Crippen LogP contribution in [0.15, 0.2) is 18.5 Å². The molecule has 0 radical (unpaired) electrons. The van der Waals surface area contributed by atoms with Gasteiger partial charge in [-0.05, 0) is 6.07 Å². The van der Waals surface area contributed by atoms with Gasteiger partial charge in [0, 0.05) is 12.4 Å². The highest BCUT2D eigenvalue weighted by Gasteiger charge is 2.08. The van der Waals surface area contributed by atoms with E-state index in [1.165, 1.54) is 4.68 Å². The minimum atomic E-state index is -0.923. The maximum atomic E-state index is 10.2. The van der Waals surface area contributed by atoms with Crippen molar-refractivity contribution in [2.45, 2.75) is 12.6 Å². The van der Waals surface area contributed by atoms with Crippen molar-refractivity contribution >= 4 is 5.97 Å². The standard InChI is InChI=1S/C6H9N3O2/c7-5(4-6(10)11)9-3-1-2-8-9/h1-3,5H,4,7H2,(H,10,11). The molecule has 1 rings (SSSR count). The summed E-state index contributed by atoms with van der Waals surface area (Å²) in [6.45, 7) is 0. The van der Waals surface area contributed by atoms with E-state index >= 15 is 0 Å². The largest absolute Gasteiger partial charge is 0.481 e. The number of hydrogen-bond donors (Lipinski definition) is 2. The minimum Gasteiger partial charge on any atom is -0.481 e. The highest BCUT2D eigenvalue weighted by molar-refractivity contribution is 5.67. The van der Waals surface area contributed by atoms with Gasteiger partial charge in [-0.3, -0.25) is 9.48 Å². The second-order valence-electron chi connectivity index (χ2n) is 2.15. The molecule has 1 heterocycles. The summed E-state index contributed by atoms with van der Waals surface area (Å²) in [6.07, 6.45) is 2.51. The van der Waals surface area contributed by atoms with Crippen molar-refractivity contribution in [1.82, 2.24) is 9.78 Å². The number of carbonyl (C=O) groups is 1. The van der Waals surface area contributed by atoms with Gasteiger partial charge in [0.2, 0.25) is 0 Å². The van der Waals surface area contributed by atoms with Crippen LogP contribution in [0, 0.1) is 0 Å². The van der Waals surface area contributed by atoms with E-state index in [0.29, 0.717) is 0 Å². The molecule has 0 saturated carbocycles. The van der Waals surface area contributed by atoms with Gasteiger partial charge in [0.15, 0.2) is 0 Å². The molecule has 11 heavy (non-hydrogen) atoms. The molecule has 0 aliphatic heterocycles. The summed E-state index contributed by atoms with van der Waals surface area (Å²) in [4.78, 5) is 10.2. The van der Waals surface area contributed by atoms with Crippen LogP contribution in [0.3, 0.4) is 0 Å². The third kappa shape index (κ3) is 2.05. The molecule has 0 spiro atoms. The molecular weight excluding hydrogens is 146 g/mol. The van der Waals surface area contributed by atoms with Crippen LogP contribution in [0.1, 0.15) is 12.6 Å². The fourth-order valence-corrected chi connectivity index (χ4v) is 0.749. The predicted octanol–water partition coefficient (Wildman–Crippen LogP) is -0.185. The lowest BCUT2D eigenvalue weighted by molar-refractivity contribution is -0.137. The van der Waals surface area contributed by atoms with Crippen molar-refractivity contribution in [3.63, 3.8) is 0 Å². The molecule has 1 aromatic rings. The van der Waals surface area contributed by atoms with Crippen LogP contribution in [-0.2, 0) is 4.79 Å². The first-order valence-corrected chi connectivity index (χ1v) is 3.16. The highest BCUT2D eigenvalue weighted by Crippen LogP contribution is 2.00. The molecule has 0 aliphatic rings. The van der Waals surface area contributed by atoms with Crippen LogP contribution in [0.5, 0.6) is 0 Å². The Bertz CT molecular complexity index is 232. The third-order valence-corrected chi connectivity index (χ3v) is 1.25. The van der Waals surface area contributed by atoms with E-state index < -0.39 is 12.1 Å². The van der Waals surface area contributed by atoms with E-state index in [2.05, 4.69) is 5.10 Å². The van der Waals surface area contributed by atoms with Gasteiger partial charge in [-0.1, -0.05) is 0 Å². The van der Waals surface area contributed by atoms with Crippen molar-refractivity contribution in [2.75, 3.05) is 0 Å². The quantitative estimate of drug-likeness (QED) is 0.634. The van der Waals surface area contributed by atoms with E-state index in [1.54, 1.807) is 18.5 Å². The van der Waals surface area contributed by atoms with E-state index in [1.807, 2.05) is 0 Å².